The molecule has 0 saturated heterocycles. The van der Waals surface area contributed by atoms with Crippen molar-refractivity contribution in [2.45, 2.75) is 26.4 Å². The van der Waals surface area contributed by atoms with E-state index in [1.807, 2.05) is 36.4 Å². The zero-order chi connectivity index (χ0) is 12.8. The van der Waals surface area contributed by atoms with E-state index in [0.717, 1.165) is 29.2 Å². The number of hydrogen-bond acceptors (Lipinski definition) is 1. The number of rotatable bonds is 5. The van der Waals surface area contributed by atoms with Gasteiger partial charge >= 0.3 is 0 Å². The Morgan fingerprint density at radius 2 is 1.78 bits per heavy atom. The second kappa shape index (κ2) is 6.46. The molecule has 1 nitrogen and oxygen atoms in total. The third-order valence-electron chi connectivity index (χ3n) is 2.76. The summed E-state index contributed by atoms with van der Waals surface area (Å²) >= 11 is 5.84. The number of benzene rings is 2. The number of hydrogen-bond donors (Lipinski definition) is 0. The van der Waals surface area contributed by atoms with Crippen LogP contribution < -0.4 is 4.74 Å². The molecule has 0 aliphatic carbocycles. The lowest BCUT2D eigenvalue weighted by molar-refractivity contribution is 0.306. The second-order valence-corrected chi connectivity index (χ2v) is 4.75. The largest absolute Gasteiger partial charge is 0.489 e. The van der Waals surface area contributed by atoms with Gasteiger partial charge in [0.25, 0.3) is 0 Å². The van der Waals surface area contributed by atoms with Gasteiger partial charge in [-0.15, -0.1) is 0 Å². The van der Waals surface area contributed by atoms with Crippen molar-refractivity contribution in [3.05, 3.63) is 64.7 Å². The van der Waals surface area contributed by atoms with Gasteiger partial charge in [-0.05, 0) is 41.8 Å². The van der Waals surface area contributed by atoms with E-state index in [1.165, 1.54) is 5.56 Å². The molecule has 2 aromatic rings. The molecular formula is C16H17ClO. The van der Waals surface area contributed by atoms with Crippen LogP contribution in [-0.4, -0.2) is 0 Å². The van der Waals surface area contributed by atoms with Gasteiger partial charge in [0.2, 0.25) is 0 Å². The smallest absolute Gasteiger partial charge is 0.120 e. The van der Waals surface area contributed by atoms with Crippen molar-refractivity contribution in [2.75, 3.05) is 0 Å². The van der Waals surface area contributed by atoms with Crippen LogP contribution in [-0.2, 0) is 13.0 Å². The van der Waals surface area contributed by atoms with E-state index in [-0.39, 0.29) is 0 Å². The highest BCUT2D eigenvalue weighted by atomic mass is 35.5. The zero-order valence-corrected chi connectivity index (χ0v) is 11.3. The van der Waals surface area contributed by atoms with E-state index >= 15 is 0 Å². The molecule has 0 unspecified atom stereocenters. The van der Waals surface area contributed by atoms with Crippen molar-refractivity contribution < 1.29 is 4.74 Å². The highest BCUT2D eigenvalue weighted by molar-refractivity contribution is 6.30. The quantitative estimate of drug-likeness (QED) is 0.745. The van der Waals surface area contributed by atoms with Crippen LogP contribution in [0.3, 0.4) is 0 Å². The summed E-state index contributed by atoms with van der Waals surface area (Å²) in [5.74, 6) is 0.927. The van der Waals surface area contributed by atoms with Gasteiger partial charge in [0.05, 0.1) is 0 Å². The van der Waals surface area contributed by atoms with Crippen molar-refractivity contribution >= 4 is 11.6 Å². The molecule has 0 atom stereocenters. The summed E-state index contributed by atoms with van der Waals surface area (Å²) in [4.78, 5) is 0. The molecule has 0 N–H and O–H groups in total. The first-order valence-electron chi connectivity index (χ1n) is 6.24. The van der Waals surface area contributed by atoms with Gasteiger partial charge in [-0.2, -0.15) is 0 Å². The molecule has 0 aliphatic rings. The Labute approximate surface area is 113 Å². The fraction of sp³-hybridized carbons (Fsp3) is 0.250. The lowest BCUT2D eigenvalue weighted by Gasteiger charge is -2.08. The Bertz CT molecular complexity index is 491. The number of ether oxygens (including phenoxy) is 1. The minimum Gasteiger partial charge on any atom is -0.489 e. The monoisotopic (exact) mass is 260 g/mol. The minimum absolute atomic E-state index is 0.576. The van der Waals surface area contributed by atoms with Crippen LogP contribution in [0.5, 0.6) is 5.75 Å². The molecule has 2 rings (SSSR count). The topological polar surface area (TPSA) is 9.23 Å². The van der Waals surface area contributed by atoms with Gasteiger partial charge in [0, 0.05) is 5.02 Å². The Hall–Kier alpha value is -1.47. The molecule has 0 saturated carbocycles. The highest BCUT2D eigenvalue weighted by Gasteiger charge is 1.98. The van der Waals surface area contributed by atoms with Crippen molar-refractivity contribution in [3.8, 4) is 5.75 Å². The van der Waals surface area contributed by atoms with Crippen molar-refractivity contribution in [1.82, 2.24) is 0 Å². The predicted molar refractivity (Wildman–Crippen MR) is 76.2 cm³/mol. The zero-order valence-electron chi connectivity index (χ0n) is 10.5. The van der Waals surface area contributed by atoms with Gasteiger partial charge in [-0.25, -0.2) is 0 Å². The fourth-order valence-electron chi connectivity index (χ4n) is 1.83. The maximum atomic E-state index is 5.84. The normalized spacial score (nSPS) is 10.3. The molecule has 94 valence electrons. The predicted octanol–water partition coefficient (Wildman–Crippen LogP) is 4.87. The molecule has 18 heavy (non-hydrogen) atoms. The molecule has 2 heteroatoms. The summed E-state index contributed by atoms with van der Waals surface area (Å²) in [6.07, 6.45) is 2.25. The molecule has 0 bridgehead atoms. The van der Waals surface area contributed by atoms with Crippen LogP contribution in [0.25, 0.3) is 0 Å². The molecule has 0 heterocycles. The van der Waals surface area contributed by atoms with E-state index in [2.05, 4.69) is 19.1 Å². The van der Waals surface area contributed by atoms with Gasteiger partial charge in [0.1, 0.15) is 12.4 Å². The van der Waals surface area contributed by atoms with Gasteiger partial charge in [-0.3, -0.25) is 0 Å². The average molecular weight is 261 g/mol. The van der Waals surface area contributed by atoms with E-state index in [9.17, 15) is 0 Å². The summed E-state index contributed by atoms with van der Waals surface area (Å²) in [6.45, 7) is 2.76. The minimum atomic E-state index is 0.576. The standard InChI is InChI=1S/C16H17ClO/c1-2-4-13-5-3-6-16(11-13)18-12-14-7-9-15(17)10-8-14/h3,5-11H,2,4,12H2,1H3. The maximum Gasteiger partial charge on any atom is 0.120 e. The lowest BCUT2D eigenvalue weighted by atomic mass is 10.1. The van der Waals surface area contributed by atoms with Gasteiger partial charge in [0.15, 0.2) is 0 Å². The van der Waals surface area contributed by atoms with Crippen molar-refractivity contribution in [1.29, 1.82) is 0 Å². The van der Waals surface area contributed by atoms with Crippen LogP contribution in [0.15, 0.2) is 48.5 Å². The molecule has 2 aromatic carbocycles. The first-order valence-corrected chi connectivity index (χ1v) is 6.62. The Morgan fingerprint density at radius 1 is 1.00 bits per heavy atom. The summed E-state index contributed by atoms with van der Waals surface area (Å²) < 4.78 is 5.78. The summed E-state index contributed by atoms with van der Waals surface area (Å²) in [6, 6.07) is 16.0. The highest BCUT2D eigenvalue weighted by Crippen LogP contribution is 2.17. The molecule has 0 fully saturated rings. The number of aryl methyl sites for hydroxylation is 1. The van der Waals surface area contributed by atoms with Crippen molar-refractivity contribution in [2.24, 2.45) is 0 Å². The van der Waals surface area contributed by atoms with E-state index in [1.54, 1.807) is 0 Å². The van der Waals surface area contributed by atoms with Crippen LogP contribution >= 0.6 is 11.6 Å². The Morgan fingerprint density at radius 3 is 2.50 bits per heavy atom. The fourth-order valence-corrected chi connectivity index (χ4v) is 1.95. The lowest BCUT2D eigenvalue weighted by Crippen LogP contribution is -1.95. The van der Waals surface area contributed by atoms with Crippen molar-refractivity contribution in [3.63, 3.8) is 0 Å². The Balaban J connectivity index is 1.97. The van der Waals surface area contributed by atoms with E-state index < -0.39 is 0 Å². The summed E-state index contributed by atoms with van der Waals surface area (Å²) in [7, 11) is 0. The molecular weight excluding hydrogens is 244 g/mol. The SMILES string of the molecule is CCCc1cccc(OCc2ccc(Cl)cc2)c1. The first kappa shape index (κ1) is 13.0. The second-order valence-electron chi connectivity index (χ2n) is 4.31. The average Bonchev–Trinajstić information content (AvgIpc) is 2.39. The first-order chi connectivity index (χ1) is 8.78. The molecule has 0 radical (unpaired) electrons. The van der Waals surface area contributed by atoms with Gasteiger partial charge < -0.3 is 4.74 Å². The van der Waals surface area contributed by atoms with Gasteiger partial charge in [-0.1, -0.05) is 49.2 Å². The third kappa shape index (κ3) is 3.78. The van der Waals surface area contributed by atoms with E-state index in [0.29, 0.717) is 6.61 Å². The molecule has 0 aromatic heterocycles. The number of halogens is 1. The molecule has 0 amide bonds. The maximum absolute atomic E-state index is 5.84. The summed E-state index contributed by atoms with van der Waals surface area (Å²) in [5, 5.41) is 0.753. The molecule has 0 aliphatic heterocycles. The summed E-state index contributed by atoms with van der Waals surface area (Å²) in [5.41, 5.74) is 2.45. The van der Waals surface area contributed by atoms with E-state index in [4.69, 9.17) is 16.3 Å². The Kier molecular flexibility index (Phi) is 4.66. The van der Waals surface area contributed by atoms with Crippen LogP contribution in [0.2, 0.25) is 5.02 Å². The van der Waals surface area contributed by atoms with Crippen LogP contribution in [0.1, 0.15) is 24.5 Å². The molecule has 0 spiro atoms. The third-order valence-corrected chi connectivity index (χ3v) is 3.01. The van der Waals surface area contributed by atoms with Crippen LogP contribution in [0.4, 0.5) is 0 Å². The van der Waals surface area contributed by atoms with Crippen LogP contribution in [0, 0.1) is 0 Å².